The van der Waals surface area contributed by atoms with Crippen molar-refractivity contribution in [2.24, 2.45) is 0 Å². The van der Waals surface area contributed by atoms with E-state index in [1.807, 2.05) is 66.4 Å². The van der Waals surface area contributed by atoms with E-state index >= 15 is 0 Å². The summed E-state index contributed by atoms with van der Waals surface area (Å²) in [4.78, 5) is 15.2. The third kappa shape index (κ3) is 7.09. The highest BCUT2D eigenvalue weighted by atomic mass is 32.2. The molecular formula is C32H36N2O3S. The number of benzene rings is 3. The van der Waals surface area contributed by atoms with E-state index in [9.17, 15) is 9.90 Å². The molecule has 0 fully saturated rings. The molecule has 4 rings (SSSR count). The number of ether oxygens (including phenoxy) is 1. The minimum absolute atomic E-state index is 0.540. The second-order valence-electron chi connectivity index (χ2n) is 9.39. The van der Waals surface area contributed by atoms with Gasteiger partial charge in [0.15, 0.2) is 0 Å². The molecular weight excluding hydrogens is 492 g/mol. The zero-order valence-electron chi connectivity index (χ0n) is 22.3. The summed E-state index contributed by atoms with van der Waals surface area (Å²) in [6, 6.07) is 30.5. The summed E-state index contributed by atoms with van der Waals surface area (Å²) in [6.45, 7) is 6.49. The van der Waals surface area contributed by atoms with Gasteiger partial charge in [-0.1, -0.05) is 61.5 Å². The van der Waals surface area contributed by atoms with E-state index in [4.69, 9.17) is 4.74 Å². The van der Waals surface area contributed by atoms with Gasteiger partial charge in [-0.3, -0.25) is 9.69 Å². The third-order valence-corrected chi connectivity index (χ3v) is 7.56. The number of carboxylic acids is 1. The Labute approximate surface area is 230 Å². The van der Waals surface area contributed by atoms with E-state index in [0.717, 1.165) is 23.4 Å². The Morgan fingerprint density at radius 2 is 1.58 bits per heavy atom. The van der Waals surface area contributed by atoms with Crippen LogP contribution in [-0.4, -0.2) is 39.4 Å². The fourth-order valence-electron chi connectivity index (χ4n) is 4.74. The van der Waals surface area contributed by atoms with E-state index in [0.29, 0.717) is 26.1 Å². The summed E-state index contributed by atoms with van der Waals surface area (Å²) in [5.74, 6) is 0.0209. The lowest BCUT2D eigenvalue weighted by Gasteiger charge is -2.28. The molecule has 1 unspecified atom stereocenters. The highest BCUT2D eigenvalue weighted by Crippen LogP contribution is 2.25. The van der Waals surface area contributed by atoms with Crippen LogP contribution in [0.5, 0.6) is 5.75 Å². The van der Waals surface area contributed by atoms with Crippen LogP contribution in [0.1, 0.15) is 30.2 Å². The Morgan fingerprint density at radius 3 is 2.18 bits per heavy atom. The molecule has 0 spiro atoms. The lowest BCUT2D eigenvalue weighted by atomic mass is 10.1. The molecule has 0 aliphatic carbocycles. The van der Waals surface area contributed by atoms with Crippen molar-refractivity contribution in [1.29, 1.82) is 0 Å². The predicted molar refractivity (Wildman–Crippen MR) is 156 cm³/mol. The van der Waals surface area contributed by atoms with Crippen molar-refractivity contribution < 1.29 is 14.6 Å². The number of carbonyl (C=O) groups is 1. The normalized spacial score (nSPS) is 12.0. The van der Waals surface area contributed by atoms with Crippen LogP contribution in [0.15, 0.2) is 95.9 Å². The van der Waals surface area contributed by atoms with Crippen molar-refractivity contribution in [2.75, 3.05) is 12.9 Å². The fraction of sp³-hybridized carbons (Fsp3) is 0.281. The zero-order chi connectivity index (χ0) is 26.9. The van der Waals surface area contributed by atoms with Crippen LogP contribution >= 0.6 is 11.8 Å². The molecule has 0 saturated heterocycles. The largest absolute Gasteiger partial charge is 0.492 e. The smallest absolute Gasteiger partial charge is 0.320 e. The summed E-state index contributed by atoms with van der Waals surface area (Å²) in [5.41, 5.74) is 5.76. The Morgan fingerprint density at radius 1 is 0.921 bits per heavy atom. The lowest BCUT2D eigenvalue weighted by molar-refractivity contribution is -0.144. The number of hydrogen-bond donors (Lipinski definition) is 1. The second kappa shape index (κ2) is 13.4. The van der Waals surface area contributed by atoms with E-state index in [1.54, 1.807) is 11.8 Å². The summed E-state index contributed by atoms with van der Waals surface area (Å²) >= 11 is 1.75. The van der Waals surface area contributed by atoms with Gasteiger partial charge in [-0.25, -0.2) is 0 Å². The number of thioether (sulfide) groups is 1. The molecule has 0 saturated carbocycles. The number of aliphatic carboxylic acids is 1. The topological polar surface area (TPSA) is 54.7 Å². The average Bonchev–Trinajstić information content (AvgIpc) is 3.30. The van der Waals surface area contributed by atoms with Crippen LogP contribution in [0.25, 0.3) is 11.3 Å². The molecule has 4 aromatic rings. The number of carboxylic acid groups (broad SMARTS) is 1. The Hall–Kier alpha value is -3.48. The van der Waals surface area contributed by atoms with Crippen molar-refractivity contribution >= 4 is 17.7 Å². The number of aromatic nitrogens is 1. The maximum Gasteiger partial charge on any atom is 0.320 e. The molecule has 0 aliphatic heterocycles. The van der Waals surface area contributed by atoms with Crippen LogP contribution < -0.4 is 4.74 Å². The summed E-state index contributed by atoms with van der Waals surface area (Å²) in [5, 5.41) is 9.79. The molecule has 1 atom stereocenters. The molecule has 38 heavy (non-hydrogen) atoms. The number of rotatable bonds is 13. The van der Waals surface area contributed by atoms with Gasteiger partial charge in [-0.2, -0.15) is 0 Å². The van der Waals surface area contributed by atoms with Gasteiger partial charge in [-0.05, 0) is 72.7 Å². The molecule has 1 N–H and O–H groups in total. The quantitative estimate of drug-likeness (QED) is 0.187. The van der Waals surface area contributed by atoms with Crippen LogP contribution in [0.3, 0.4) is 0 Å². The van der Waals surface area contributed by atoms with Gasteiger partial charge in [0, 0.05) is 29.4 Å². The Kier molecular flexibility index (Phi) is 9.68. The molecule has 5 nitrogen and oxygen atoms in total. The summed E-state index contributed by atoms with van der Waals surface area (Å²) < 4.78 is 8.38. The minimum Gasteiger partial charge on any atom is -0.492 e. The van der Waals surface area contributed by atoms with Gasteiger partial charge in [0.25, 0.3) is 0 Å². The molecule has 1 heterocycles. The van der Waals surface area contributed by atoms with Crippen molar-refractivity contribution in [3.63, 3.8) is 0 Å². The molecule has 1 aromatic heterocycles. The summed E-state index contributed by atoms with van der Waals surface area (Å²) in [7, 11) is 0. The van der Waals surface area contributed by atoms with Gasteiger partial charge in [0.1, 0.15) is 18.4 Å². The maximum absolute atomic E-state index is 11.9. The first-order valence-corrected chi connectivity index (χ1v) is 14.2. The second-order valence-corrected chi connectivity index (χ2v) is 10.3. The van der Waals surface area contributed by atoms with E-state index in [-0.39, 0.29) is 0 Å². The van der Waals surface area contributed by atoms with Crippen LogP contribution in [0.4, 0.5) is 0 Å². The molecule has 0 radical (unpaired) electrons. The van der Waals surface area contributed by atoms with Crippen molar-refractivity contribution in [3.8, 4) is 17.0 Å². The number of hydrogen-bond acceptors (Lipinski definition) is 4. The first-order valence-electron chi connectivity index (χ1n) is 13.0. The highest BCUT2D eigenvalue weighted by Gasteiger charge is 2.24. The van der Waals surface area contributed by atoms with Crippen molar-refractivity contribution in [1.82, 2.24) is 9.47 Å². The van der Waals surface area contributed by atoms with Crippen molar-refractivity contribution in [3.05, 3.63) is 108 Å². The van der Waals surface area contributed by atoms with Crippen molar-refractivity contribution in [2.45, 2.75) is 50.8 Å². The van der Waals surface area contributed by atoms with E-state index in [2.05, 4.69) is 54.1 Å². The molecule has 0 bridgehead atoms. The lowest BCUT2D eigenvalue weighted by Crippen LogP contribution is -2.39. The minimum atomic E-state index is -0.789. The molecule has 198 valence electrons. The van der Waals surface area contributed by atoms with Crippen LogP contribution in [0.2, 0.25) is 0 Å². The van der Waals surface area contributed by atoms with Gasteiger partial charge in [-0.15, -0.1) is 11.8 Å². The third-order valence-electron chi connectivity index (χ3n) is 6.82. The average molecular weight is 529 g/mol. The molecule has 0 amide bonds. The van der Waals surface area contributed by atoms with Gasteiger partial charge >= 0.3 is 5.97 Å². The van der Waals surface area contributed by atoms with Crippen LogP contribution in [-0.2, 0) is 24.4 Å². The fourth-order valence-corrected chi connectivity index (χ4v) is 5.15. The first-order chi connectivity index (χ1) is 18.5. The first kappa shape index (κ1) is 27.6. The monoisotopic (exact) mass is 528 g/mol. The zero-order valence-corrected chi connectivity index (χ0v) is 23.2. The van der Waals surface area contributed by atoms with Crippen LogP contribution in [0, 0.1) is 6.92 Å². The Bertz CT molecular complexity index is 1300. The predicted octanol–water partition coefficient (Wildman–Crippen LogP) is 7.13. The molecule has 6 heteroatoms. The van der Waals surface area contributed by atoms with Gasteiger partial charge in [0.05, 0.1) is 6.54 Å². The van der Waals surface area contributed by atoms with E-state index in [1.165, 1.54) is 21.8 Å². The van der Waals surface area contributed by atoms with Gasteiger partial charge in [0.2, 0.25) is 0 Å². The SMILES string of the molecule is CCC(C(=O)O)N(Cc1ccccc1)Cc1ccc(OCCn2c(C)ccc2-c2ccc(SC)cc2)cc1. The number of nitrogens with zero attached hydrogens (tertiary/aromatic N) is 2. The summed E-state index contributed by atoms with van der Waals surface area (Å²) in [6.07, 6.45) is 2.64. The van der Waals surface area contributed by atoms with E-state index < -0.39 is 12.0 Å². The Balaban J connectivity index is 1.38. The maximum atomic E-state index is 11.9. The number of aryl methyl sites for hydroxylation is 1. The molecule has 3 aromatic carbocycles. The standard InChI is InChI=1S/C32H36N2O3S/c1-4-30(32(35)36)33(22-25-8-6-5-7-9-25)23-26-11-15-28(16-12-26)37-21-20-34-24(2)10-19-31(34)27-13-17-29(38-3)18-14-27/h5-19,30H,4,20-23H2,1-3H3,(H,35,36). The molecule has 0 aliphatic rings. The highest BCUT2D eigenvalue weighted by molar-refractivity contribution is 7.98. The van der Waals surface area contributed by atoms with Gasteiger partial charge < -0.3 is 14.4 Å².